The van der Waals surface area contributed by atoms with Gasteiger partial charge in [-0.25, -0.2) is 0 Å². The number of carbonyl (C=O) groups excluding carboxylic acids is 1. The first-order chi connectivity index (χ1) is 7.89. The molecule has 0 radical (unpaired) electrons. The third kappa shape index (κ3) is 2.31. The van der Waals surface area contributed by atoms with Gasteiger partial charge in [0.2, 0.25) is 5.91 Å². The quantitative estimate of drug-likeness (QED) is 0.700. The molecule has 3 nitrogen and oxygen atoms in total. The Hall–Kier alpha value is -1.04. The second kappa shape index (κ2) is 4.01. The number of likely N-dealkylation sites (tertiary alicyclic amines) is 1. The summed E-state index contributed by atoms with van der Waals surface area (Å²) in [6.45, 7) is 8.49. The van der Waals surface area contributed by atoms with E-state index in [1.807, 2.05) is 4.90 Å². The fourth-order valence-corrected chi connectivity index (χ4v) is 2.75. The topological polar surface area (TPSA) is 44.1 Å². The highest BCUT2D eigenvalue weighted by Crippen LogP contribution is 2.47. The Kier molecular flexibility index (Phi) is 2.93. The molecule has 0 N–H and O–H groups in total. The highest BCUT2D eigenvalue weighted by Gasteiger charge is 2.52. The summed E-state index contributed by atoms with van der Waals surface area (Å²) in [6.07, 6.45) is 3.69. The van der Waals surface area contributed by atoms with E-state index in [0.29, 0.717) is 11.3 Å². The molecule has 0 unspecified atom stereocenters. The van der Waals surface area contributed by atoms with Crippen LogP contribution in [0.2, 0.25) is 0 Å². The number of nitrogens with zero attached hydrogens (tertiary/aromatic N) is 2. The number of rotatable bonds is 1. The van der Waals surface area contributed by atoms with Gasteiger partial charge in [-0.2, -0.15) is 5.26 Å². The van der Waals surface area contributed by atoms with E-state index in [-0.39, 0.29) is 5.91 Å². The maximum absolute atomic E-state index is 12.2. The summed E-state index contributed by atoms with van der Waals surface area (Å²) in [6, 6.07) is 2.20. The molecule has 0 bridgehead atoms. The van der Waals surface area contributed by atoms with Crippen molar-refractivity contribution in [1.29, 1.82) is 5.26 Å². The highest BCUT2D eigenvalue weighted by molar-refractivity contribution is 5.88. The Morgan fingerprint density at radius 3 is 2.18 bits per heavy atom. The van der Waals surface area contributed by atoms with Crippen LogP contribution < -0.4 is 0 Å². The lowest BCUT2D eigenvalue weighted by Gasteiger charge is -2.39. The van der Waals surface area contributed by atoms with Crippen LogP contribution in [0.3, 0.4) is 0 Å². The Morgan fingerprint density at radius 1 is 1.29 bits per heavy atom. The minimum Gasteiger partial charge on any atom is -0.341 e. The van der Waals surface area contributed by atoms with Gasteiger partial charge in [-0.15, -0.1) is 0 Å². The van der Waals surface area contributed by atoms with Crippen LogP contribution in [0, 0.1) is 28.1 Å². The predicted molar refractivity (Wildman–Crippen MR) is 66.0 cm³/mol. The Bertz CT molecular complexity index is 349. The normalized spacial score (nSPS) is 24.2. The fraction of sp³-hybridized carbons (Fsp3) is 0.857. The van der Waals surface area contributed by atoms with Gasteiger partial charge in [-0.1, -0.05) is 20.8 Å². The molecule has 1 heterocycles. The molecule has 2 fully saturated rings. The summed E-state index contributed by atoms with van der Waals surface area (Å²) in [5.41, 5.74) is -0.295. The largest absolute Gasteiger partial charge is 0.341 e. The number of hydrogen-bond acceptors (Lipinski definition) is 2. The SMILES string of the molecule is CC(C)(C)C1CCN(C(=O)C2(C#N)CC2)CC1. The van der Waals surface area contributed by atoms with Crippen molar-refractivity contribution in [3.63, 3.8) is 0 Å². The van der Waals surface area contributed by atoms with Crippen LogP contribution >= 0.6 is 0 Å². The van der Waals surface area contributed by atoms with E-state index >= 15 is 0 Å². The monoisotopic (exact) mass is 234 g/mol. The number of hydrogen-bond donors (Lipinski definition) is 0. The number of piperidine rings is 1. The Morgan fingerprint density at radius 2 is 1.82 bits per heavy atom. The van der Waals surface area contributed by atoms with Gasteiger partial charge in [0.25, 0.3) is 0 Å². The lowest BCUT2D eigenvalue weighted by atomic mass is 9.75. The molecule has 1 aliphatic carbocycles. The zero-order valence-corrected chi connectivity index (χ0v) is 11.1. The molecule has 0 aromatic carbocycles. The van der Waals surface area contributed by atoms with Crippen molar-refractivity contribution in [3.8, 4) is 6.07 Å². The molecular formula is C14H22N2O. The minimum atomic E-state index is -0.630. The standard InChI is InChI=1S/C14H22N2O/c1-13(2,3)11-4-8-16(9-5-11)12(17)14(10-15)6-7-14/h11H,4-9H2,1-3H3. The lowest BCUT2D eigenvalue weighted by Crippen LogP contribution is -2.44. The van der Waals surface area contributed by atoms with Crippen LogP contribution in [-0.2, 0) is 4.79 Å². The maximum atomic E-state index is 12.2. The van der Waals surface area contributed by atoms with E-state index < -0.39 is 5.41 Å². The molecule has 1 saturated carbocycles. The lowest BCUT2D eigenvalue weighted by molar-refractivity contribution is -0.136. The maximum Gasteiger partial charge on any atom is 0.243 e. The van der Waals surface area contributed by atoms with Gasteiger partial charge in [0.05, 0.1) is 6.07 Å². The second-order valence-electron chi connectivity index (χ2n) is 6.63. The van der Waals surface area contributed by atoms with Gasteiger partial charge < -0.3 is 4.90 Å². The van der Waals surface area contributed by atoms with Gasteiger partial charge in [0.1, 0.15) is 5.41 Å². The Labute approximate surface area is 104 Å². The summed E-state index contributed by atoms with van der Waals surface area (Å²) >= 11 is 0. The molecule has 0 aromatic rings. The molecule has 0 spiro atoms. The van der Waals surface area contributed by atoms with E-state index in [4.69, 9.17) is 5.26 Å². The third-order valence-electron chi connectivity index (χ3n) is 4.38. The minimum absolute atomic E-state index is 0.0901. The van der Waals surface area contributed by atoms with Crippen molar-refractivity contribution in [2.45, 2.75) is 46.5 Å². The van der Waals surface area contributed by atoms with Crippen LogP contribution in [0.25, 0.3) is 0 Å². The van der Waals surface area contributed by atoms with E-state index in [1.165, 1.54) is 0 Å². The van der Waals surface area contributed by atoms with E-state index in [9.17, 15) is 4.79 Å². The van der Waals surface area contributed by atoms with Crippen LogP contribution in [0.1, 0.15) is 46.5 Å². The van der Waals surface area contributed by atoms with E-state index in [1.54, 1.807) is 0 Å². The summed E-state index contributed by atoms with van der Waals surface area (Å²) in [7, 11) is 0. The zero-order valence-electron chi connectivity index (χ0n) is 11.1. The average Bonchev–Trinajstić information content (AvgIpc) is 3.08. The number of amides is 1. The number of carbonyl (C=O) groups is 1. The zero-order chi connectivity index (χ0) is 12.7. The van der Waals surface area contributed by atoms with Crippen molar-refractivity contribution in [3.05, 3.63) is 0 Å². The first kappa shape index (κ1) is 12.4. The van der Waals surface area contributed by atoms with Gasteiger partial charge in [0, 0.05) is 13.1 Å². The molecule has 94 valence electrons. The molecule has 2 rings (SSSR count). The molecule has 2 aliphatic rings. The smallest absolute Gasteiger partial charge is 0.243 e. The first-order valence-electron chi connectivity index (χ1n) is 6.60. The first-order valence-corrected chi connectivity index (χ1v) is 6.60. The molecule has 0 atom stereocenters. The van der Waals surface area contributed by atoms with E-state index in [0.717, 1.165) is 38.8 Å². The molecule has 17 heavy (non-hydrogen) atoms. The highest BCUT2D eigenvalue weighted by atomic mass is 16.2. The second-order valence-corrected chi connectivity index (χ2v) is 6.63. The summed E-state index contributed by atoms with van der Waals surface area (Å²) < 4.78 is 0. The van der Waals surface area contributed by atoms with Crippen LogP contribution in [0.15, 0.2) is 0 Å². The summed E-state index contributed by atoms with van der Waals surface area (Å²) in [5, 5.41) is 9.04. The predicted octanol–water partition coefficient (Wildman–Crippen LogP) is 2.57. The van der Waals surface area contributed by atoms with Crippen molar-refractivity contribution < 1.29 is 4.79 Å². The van der Waals surface area contributed by atoms with Gasteiger partial charge in [-0.3, -0.25) is 4.79 Å². The van der Waals surface area contributed by atoms with Crippen LogP contribution in [-0.4, -0.2) is 23.9 Å². The Balaban J connectivity index is 1.92. The molecule has 1 saturated heterocycles. The molecule has 3 heteroatoms. The van der Waals surface area contributed by atoms with Crippen molar-refractivity contribution in [1.82, 2.24) is 4.90 Å². The van der Waals surface area contributed by atoms with Gasteiger partial charge >= 0.3 is 0 Å². The van der Waals surface area contributed by atoms with Crippen molar-refractivity contribution >= 4 is 5.91 Å². The molecular weight excluding hydrogens is 212 g/mol. The van der Waals surface area contributed by atoms with Crippen molar-refractivity contribution in [2.75, 3.05) is 13.1 Å². The molecule has 1 aliphatic heterocycles. The van der Waals surface area contributed by atoms with Crippen LogP contribution in [0.4, 0.5) is 0 Å². The molecule has 1 amide bonds. The summed E-state index contributed by atoms with van der Waals surface area (Å²) in [4.78, 5) is 14.1. The molecule has 0 aromatic heterocycles. The van der Waals surface area contributed by atoms with Crippen molar-refractivity contribution in [2.24, 2.45) is 16.7 Å². The fourth-order valence-electron chi connectivity index (χ4n) is 2.75. The number of nitriles is 1. The van der Waals surface area contributed by atoms with Gasteiger partial charge in [0.15, 0.2) is 0 Å². The van der Waals surface area contributed by atoms with Gasteiger partial charge in [-0.05, 0) is 37.0 Å². The van der Waals surface area contributed by atoms with Crippen LogP contribution in [0.5, 0.6) is 0 Å². The van der Waals surface area contributed by atoms with E-state index in [2.05, 4.69) is 26.8 Å². The average molecular weight is 234 g/mol. The summed E-state index contributed by atoms with van der Waals surface area (Å²) in [5.74, 6) is 0.788. The third-order valence-corrected chi connectivity index (χ3v) is 4.38.